The third kappa shape index (κ3) is 6.35. The summed E-state index contributed by atoms with van der Waals surface area (Å²) in [5, 5.41) is 9.75. The Morgan fingerprint density at radius 1 is 0.946 bits per heavy atom. The summed E-state index contributed by atoms with van der Waals surface area (Å²) in [6, 6.07) is 23.8. The molecule has 3 aromatic carbocycles. The lowest BCUT2D eigenvalue weighted by molar-refractivity contribution is 0.0601. The topological polar surface area (TPSA) is 102 Å². The molecule has 0 fully saturated rings. The van der Waals surface area contributed by atoms with Crippen LogP contribution in [0.1, 0.15) is 27.4 Å². The highest BCUT2D eigenvalue weighted by Crippen LogP contribution is 2.24. The van der Waals surface area contributed by atoms with Crippen molar-refractivity contribution in [2.75, 3.05) is 25.2 Å². The number of methoxy groups -OCH3 is 1. The van der Waals surface area contributed by atoms with Crippen LogP contribution in [0.2, 0.25) is 0 Å². The quantitative estimate of drug-likeness (QED) is 0.275. The third-order valence-electron chi connectivity index (χ3n) is 5.90. The highest BCUT2D eigenvalue weighted by atomic mass is 16.5. The Labute approximate surface area is 215 Å². The smallest absolute Gasteiger partial charge is 0.411 e. The molecule has 0 aliphatic carbocycles. The zero-order chi connectivity index (χ0) is 26.2. The first-order valence-electron chi connectivity index (χ1n) is 11.9. The molecule has 1 heterocycles. The molecule has 4 rings (SSSR count). The predicted octanol–water partition coefficient (Wildman–Crippen LogP) is 5.79. The lowest BCUT2D eigenvalue weighted by Crippen LogP contribution is -2.32. The molecular weight excluding hydrogens is 472 g/mol. The monoisotopic (exact) mass is 500 g/mol. The maximum atomic E-state index is 12.1. The Hall–Kier alpha value is -4.59. The number of carbonyl (C=O) groups excluding carboxylic acids is 1. The summed E-state index contributed by atoms with van der Waals surface area (Å²) >= 11 is 0. The van der Waals surface area contributed by atoms with E-state index in [0.717, 1.165) is 27.5 Å². The van der Waals surface area contributed by atoms with Crippen LogP contribution in [0.3, 0.4) is 0 Å². The van der Waals surface area contributed by atoms with Crippen LogP contribution in [0, 0.1) is 6.92 Å². The number of rotatable bonds is 10. The minimum absolute atomic E-state index is 0.179. The summed E-state index contributed by atoms with van der Waals surface area (Å²) in [7, 11) is 1.27. The van der Waals surface area contributed by atoms with E-state index in [4.69, 9.17) is 13.9 Å². The molecule has 0 unspecified atom stereocenters. The fraction of sp³-hybridized carbons (Fsp3) is 0.207. The molecule has 0 atom stereocenters. The number of carboxylic acid groups (broad SMARTS) is 1. The Morgan fingerprint density at radius 3 is 2.35 bits per heavy atom. The standard InChI is InChI=1S/C29H28N2O6/c1-20-25(30-27(37-20)22-8-4-3-5-9-22)17-19-36-23-14-12-21(13-15-23)16-18-31(29(33)34)26-11-7-6-10-24(26)28(32)35-2/h3-15H,16-19H2,1-2H3,(H,33,34). The van der Waals surface area contributed by atoms with Gasteiger partial charge in [-0.05, 0) is 55.3 Å². The van der Waals surface area contributed by atoms with Crippen molar-refractivity contribution >= 4 is 17.7 Å². The second kappa shape index (κ2) is 11.9. The van der Waals surface area contributed by atoms with Crippen LogP contribution < -0.4 is 9.64 Å². The van der Waals surface area contributed by atoms with E-state index in [1.54, 1.807) is 24.3 Å². The molecular formula is C29H28N2O6. The van der Waals surface area contributed by atoms with E-state index in [1.807, 2.05) is 61.5 Å². The molecule has 0 aliphatic heterocycles. The van der Waals surface area contributed by atoms with Crippen LogP contribution in [0.5, 0.6) is 5.75 Å². The first kappa shape index (κ1) is 25.5. The summed E-state index contributed by atoms with van der Waals surface area (Å²) in [5.41, 5.74) is 3.23. The molecule has 8 heteroatoms. The largest absolute Gasteiger partial charge is 0.493 e. The van der Waals surface area contributed by atoms with Crippen LogP contribution in [0.4, 0.5) is 10.5 Å². The van der Waals surface area contributed by atoms with Gasteiger partial charge in [-0.1, -0.05) is 42.5 Å². The Bertz CT molecular complexity index is 1350. The zero-order valence-corrected chi connectivity index (χ0v) is 20.7. The van der Waals surface area contributed by atoms with E-state index in [0.29, 0.717) is 36.8 Å². The zero-order valence-electron chi connectivity index (χ0n) is 20.7. The van der Waals surface area contributed by atoms with E-state index in [-0.39, 0.29) is 12.1 Å². The van der Waals surface area contributed by atoms with Gasteiger partial charge in [-0.2, -0.15) is 0 Å². The maximum absolute atomic E-state index is 12.1. The van der Waals surface area contributed by atoms with Gasteiger partial charge in [0, 0.05) is 18.5 Å². The molecule has 0 saturated heterocycles. The fourth-order valence-electron chi connectivity index (χ4n) is 3.93. The van der Waals surface area contributed by atoms with Crippen LogP contribution in [-0.2, 0) is 17.6 Å². The molecule has 190 valence electrons. The molecule has 0 saturated carbocycles. The third-order valence-corrected chi connectivity index (χ3v) is 5.90. The van der Waals surface area contributed by atoms with Gasteiger partial charge in [-0.3, -0.25) is 4.90 Å². The molecule has 1 aromatic heterocycles. The number of hydrogen-bond acceptors (Lipinski definition) is 6. The van der Waals surface area contributed by atoms with E-state index in [9.17, 15) is 14.7 Å². The molecule has 0 radical (unpaired) electrons. The first-order valence-corrected chi connectivity index (χ1v) is 11.9. The van der Waals surface area contributed by atoms with Crippen LogP contribution in [-0.4, -0.2) is 42.4 Å². The van der Waals surface area contributed by atoms with Gasteiger partial charge in [0.05, 0.1) is 30.7 Å². The van der Waals surface area contributed by atoms with Crippen LogP contribution in [0.15, 0.2) is 83.3 Å². The number of carbonyl (C=O) groups is 2. The molecule has 1 amide bonds. The number of para-hydroxylation sites is 1. The van der Waals surface area contributed by atoms with E-state index in [2.05, 4.69) is 4.98 Å². The molecule has 0 bridgehead atoms. The summed E-state index contributed by atoms with van der Waals surface area (Å²) in [4.78, 5) is 29.7. The number of aryl methyl sites for hydroxylation is 1. The van der Waals surface area contributed by atoms with Gasteiger partial charge < -0.3 is 19.0 Å². The predicted molar refractivity (Wildman–Crippen MR) is 139 cm³/mol. The van der Waals surface area contributed by atoms with Crippen LogP contribution in [0.25, 0.3) is 11.5 Å². The van der Waals surface area contributed by atoms with Gasteiger partial charge >= 0.3 is 12.1 Å². The van der Waals surface area contributed by atoms with Gasteiger partial charge in [0.15, 0.2) is 0 Å². The van der Waals surface area contributed by atoms with Crippen molar-refractivity contribution in [3.63, 3.8) is 0 Å². The Kier molecular flexibility index (Phi) is 8.20. The van der Waals surface area contributed by atoms with Gasteiger partial charge in [0.1, 0.15) is 11.5 Å². The lowest BCUT2D eigenvalue weighted by Gasteiger charge is -2.21. The minimum atomic E-state index is -1.14. The van der Waals surface area contributed by atoms with Crippen molar-refractivity contribution in [3.8, 4) is 17.2 Å². The Morgan fingerprint density at radius 2 is 1.65 bits per heavy atom. The highest BCUT2D eigenvalue weighted by Gasteiger charge is 2.21. The summed E-state index contributed by atoms with van der Waals surface area (Å²) in [6.45, 7) is 2.52. The first-order chi connectivity index (χ1) is 18.0. The second-order valence-electron chi connectivity index (χ2n) is 8.32. The Balaban J connectivity index is 1.33. The SMILES string of the molecule is COC(=O)c1ccccc1N(CCc1ccc(OCCc2nc(-c3ccccc3)oc2C)cc1)C(=O)O. The molecule has 1 N–H and O–H groups in total. The van der Waals surface area contributed by atoms with Crippen molar-refractivity contribution in [3.05, 3.63) is 101 Å². The molecule has 37 heavy (non-hydrogen) atoms. The number of aromatic nitrogens is 1. The summed E-state index contributed by atoms with van der Waals surface area (Å²) in [6.07, 6.45) is -0.0746. The maximum Gasteiger partial charge on any atom is 0.411 e. The summed E-state index contributed by atoms with van der Waals surface area (Å²) < 4.78 is 16.5. The van der Waals surface area contributed by atoms with Gasteiger partial charge in [-0.25, -0.2) is 14.6 Å². The molecule has 8 nitrogen and oxygen atoms in total. The molecule has 4 aromatic rings. The van der Waals surface area contributed by atoms with Crippen LogP contribution >= 0.6 is 0 Å². The van der Waals surface area contributed by atoms with E-state index >= 15 is 0 Å². The normalized spacial score (nSPS) is 10.6. The van der Waals surface area contributed by atoms with Crippen molar-refractivity contribution in [2.24, 2.45) is 0 Å². The number of esters is 1. The van der Waals surface area contributed by atoms with E-state index < -0.39 is 12.1 Å². The van der Waals surface area contributed by atoms with Crippen molar-refractivity contribution in [2.45, 2.75) is 19.8 Å². The molecule has 0 aliphatic rings. The lowest BCUT2D eigenvalue weighted by atomic mass is 10.1. The number of oxazole rings is 1. The number of amides is 1. The summed E-state index contributed by atoms with van der Waals surface area (Å²) in [5.74, 6) is 1.50. The van der Waals surface area contributed by atoms with Crippen molar-refractivity contribution in [1.82, 2.24) is 4.98 Å². The highest BCUT2D eigenvalue weighted by molar-refractivity contribution is 6.00. The van der Waals surface area contributed by atoms with E-state index in [1.165, 1.54) is 7.11 Å². The average Bonchev–Trinajstić information content (AvgIpc) is 3.30. The number of nitrogens with zero attached hydrogens (tertiary/aromatic N) is 2. The van der Waals surface area contributed by atoms with Gasteiger partial charge in [0.25, 0.3) is 0 Å². The second-order valence-corrected chi connectivity index (χ2v) is 8.32. The van der Waals surface area contributed by atoms with Gasteiger partial charge in [0.2, 0.25) is 5.89 Å². The van der Waals surface area contributed by atoms with Gasteiger partial charge in [-0.15, -0.1) is 0 Å². The number of benzene rings is 3. The average molecular weight is 501 g/mol. The number of anilines is 1. The van der Waals surface area contributed by atoms with Crippen molar-refractivity contribution < 1.29 is 28.6 Å². The number of ether oxygens (including phenoxy) is 2. The van der Waals surface area contributed by atoms with Crippen molar-refractivity contribution in [1.29, 1.82) is 0 Å². The number of hydrogen-bond donors (Lipinski definition) is 1. The molecule has 0 spiro atoms. The fourth-order valence-corrected chi connectivity index (χ4v) is 3.93. The minimum Gasteiger partial charge on any atom is -0.493 e.